The van der Waals surface area contributed by atoms with Gasteiger partial charge in [-0.1, -0.05) is 47.6 Å². The summed E-state index contributed by atoms with van der Waals surface area (Å²) in [5.41, 5.74) is 2.68. The van der Waals surface area contributed by atoms with Gasteiger partial charge in [-0.2, -0.15) is 0 Å². The highest BCUT2D eigenvalue weighted by molar-refractivity contribution is 6.75. The van der Waals surface area contributed by atoms with Crippen molar-refractivity contribution >= 4 is 14.3 Å². The van der Waals surface area contributed by atoms with Crippen LogP contribution in [0, 0.1) is 19.3 Å². The second-order valence-electron chi connectivity index (χ2n) is 11.4. The maximum absolute atomic E-state index is 12.6. The second kappa shape index (κ2) is 8.93. The molecular formula is C25H44O3Si. The molecule has 0 saturated heterocycles. The Hall–Kier alpha value is -1.13. The molecule has 0 spiro atoms. The number of aryl methyl sites for hydroxylation is 2. The zero-order valence-corrected chi connectivity index (χ0v) is 22.0. The first kappa shape index (κ1) is 25.9. The number of benzene rings is 1. The maximum Gasteiger partial charge on any atom is 0.316 e. The number of hydrogen-bond acceptors (Lipinski definition) is 3. The molecule has 4 heteroatoms. The third-order valence-electron chi connectivity index (χ3n) is 6.34. The second-order valence-corrected chi connectivity index (χ2v) is 16.4. The van der Waals surface area contributed by atoms with Crippen molar-refractivity contribution in [2.75, 3.05) is 6.61 Å². The number of carbonyl (C=O) groups excluding carboxylic acids is 1. The normalized spacial score (nSPS) is 15.2. The zero-order valence-electron chi connectivity index (χ0n) is 21.0. The summed E-state index contributed by atoms with van der Waals surface area (Å²) in [4.78, 5) is 12.6. The van der Waals surface area contributed by atoms with E-state index in [1.54, 1.807) is 0 Å². The highest BCUT2D eigenvalue weighted by Gasteiger charge is 2.40. The molecule has 1 rings (SSSR count). The van der Waals surface area contributed by atoms with Crippen molar-refractivity contribution in [3.05, 3.63) is 28.8 Å². The van der Waals surface area contributed by atoms with Gasteiger partial charge in [0, 0.05) is 12.2 Å². The SMILES string of the molecule is CC[Si](C)(OCCC(C)(C)c1c(C)cc(C)cc1OC(=O)C(C)(C)C)C(C)(C)C. The fourth-order valence-corrected chi connectivity index (χ4v) is 5.89. The minimum atomic E-state index is -1.80. The van der Waals surface area contributed by atoms with E-state index in [1.807, 2.05) is 33.8 Å². The van der Waals surface area contributed by atoms with E-state index in [0.717, 1.165) is 35.8 Å². The predicted octanol–water partition coefficient (Wildman–Crippen LogP) is 7.33. The van der Waals surface area contributed by atoms with Crippen LogP contribution in [0.1, 0.15) is 85.4 Å². The summed E-state index contributed by atoms with van der Waals surface area (Å²) >= 11 is 0. The van der Waals surface area contributed by atoms with Crippen LogP contribution >= 0.6 is 0 Å². The monoisotopic (exact) mass is 420 g/mol. The molecule has 3 nitrogen and oxygen atoms in total. The summed E-state index contributed by atoms with van der Waals surface area (Å²) in [5, 5.41) is 0.207. The van der Waals surface area contributed by atoms with Gasteiger partial charge >= 0.3 is 5.97 Å². The first-order valence-corrected chi connectivity index (χ1v) is 13.5. The Labute approximate surface area is 180 Å². The molecule has 1 aromatic carbocycles. The van der Waals surface area contributed by atoms with Gasteiger partial charge in [0.25, 0.3) is 0 Å². The molecule has 1 unspecified atom stereocenters. The minimum absolute atomic E-state index is 0.160. The molecule has 0 heterocycles. The van der Waals surface area contributed by atoms with Gasteiger partial charge in [0.1, 0.15) is 5.75 Å². The van der Waals surface area contributed by atoms with Crippen LogP contribution in [0.15, 0.2) is 12.1 Å². The zero-order chi connectivity index (χ0) is 22.8. The van der Waals surface area contributed by atoms with Gasteiger partial charge in [0.15, 0.2) is 8.32 Å². The molecule has 0 amide bonds. The molecule has 0 radical (unpaired) electrons. The Bertz CT molecular complexity index is 723. The van der Waals surface area contributed by atoms with Gasteiger partial charge in [-0.05, 0) is 81.3 Å². The summed E-state index contributed by atoms with van der Waals surface area (Å²) < 4.78 is 12.5. The minimum Gasteiger partial charge on any atom is -0.426 e. The van der Waals surface area contributed by atoms with Crippen molar-refractivity contribution in [1.82, 2.24) is 0 Å². The van der Waals surface area contributed by atoms with E-state index in [2.05, 4.69) is 61.1 Å². The molecule has 0 saturated carbocycles. The van der Waals surface area contributed by atoms with E-state index in [1.165, 1.54) is 0 Å². The van der Waals surface area contributed by atoms with Crippen molar-refractivity contribution < 1.29 is 14.0 Å². The summed E-state index contributed by atoms with van der Waals surface area (Å²) in [7, 11) is -1.80. The Morgan fingerprint density at radius 1 is 1.00 bits per heavy atom. The fourth-order valence-electron chi connectivity index (χ4n) is 3.63. The molecule has 0 N–H and O–H groups in total. The Kier molecular flexibility index (Phi) is 7.98. The van der Waals surface area contributed by atoms with Crippen LogP contribution in [-0.2, 0) is 14.6 Å². The third-order valence-corrected chi connectivity index (χ3v) is 11.7. The van der Waals surface area contributed by atoms with Crippen LogP contribution in [0.25, 0.3) is 0 Å². The average molecular weight is 421 g/mol. The number of rotatable bonds is 7. The highest BCUT2D eigenvalue weighted by atomic mass is 28.4. The topological polar surface area (TPSA) is 35.5 Å². The van der Waals surface area contributed by atoms with E-state index >= 15 is 0 Å². The van der Waals surface area contributed by atoms with Crippen LogP contribution in [-0.4, -0.2) is 20.9 Å². The Morgan fingerprint density at radius 2 is 1.55 bits per heavy atom. The van der Waals surface area contributed by atoms with Crippen molar-refractivity contribution in [3.63, 3.8) is 0 Å². The van der Waals surface area contributed by atoms with E-state index < -0.39 is 13.7 Å². The largest absolute Gasteiger partial charge is 0.426 e. The van der Waals surface area contributed by atoms with Gasteiger partial charge in [0.05, 0.1) is 5.41 Å². The van der Waals surface area contributed by atoms with E-state index in [-0.39, 0.29) is 16.4 Å². The first-order valence-electron chi connectivity index (χ1n) is 10.9. The average Bonchev–Trinajstić information content (AvgIpc) is 2.51. The summed E-state index contributed by atoms with van der Waals surface area (Å²) in [6.07, 6.45) is 0.885. The van der Waals surface area contributed by atoms with Gasteiger partial charge in [-0.3, -0.25) is 4.79 Å². The quantitative estimate of drug-likeness (QED) is 0.263. The lowest BCUT2D eigenvalue weighted by Gasteiger charge is -2.40. The predicted molar refractivity (Wildman–Crippen MR) is 126 cm³/mol. The van der Waals surface area contributed by atoms with E-state index in [0.29, 0.717) is 5.75 Å². The van der Waals surface area contributed by atoms with Crippen molar-refractivity contribution in [1.29, 1.82) is 0 Å². The standard InChI is InChI=1S/C25H44O3Si/c1-13-29(12,24(7,8)9)27-15-14-25(10,11)21-19(3)16-18(2)17-20(21)28-22(26)23(4,5)6/h16-17H,13-15H2,1-12H3. The highest BCUT2D eigenvalue weighted by Crippen LogP contribution is 2.42. The van der Waals surface area contributed by atoms with Crippen molar-refractivity contribution in [2.45, 2.75) is 106 Å². The van der Waals surface area contributed by atoms with Crippen molar-refractivity contribution in [2.24, 2.45) is 5.41 Å². The number of esters is 1. The Morgan fingerprint density at radius 3 is 2.00 bits per heavy atom. The lowest BCUT2D eigenvalue weighted by atomic mass is 9.78. The summed E-state index contributed by atoms with van der Waals surface area (Å²) in [6, 6.07) is 5.27. The van der Waals surface area contributed by atoms with Gasteiger partial charge in [-0.15, -0.1) is 0 Å². The smallest absolute Gasteiger partial charge is 0.316 e. The van der Waals surface area contributed by atoms with Gasteiger partial charge in [-0.25, -0.2) is 0 Å². The number of ether oxygens (including phenoxy) is 1. The Balaban J connectivity index is 3.16. The molecule has 166 valence electrons. The lowest BCUT2D eigenvalue weighted by Crippen LogP contribution is -2.44. The van der Waals surface area contributed by atoms with Gasteiger partial charge < -0.3 is 9.16 Å². The number of carbonyl (C=O) groups is 1. The van der Waals surface area contributed by atoms with Crippen LogP contribution in [0.3, 0.4) is 0 Å². The first-order chi connectivity index (χ1) is 12.9. The number of hydrogen-bond donors (Lipinski definition) is 0. The molecule has 0 aliphatic heterocycles. The van der Waals surface area contributed by atoms with Crippen LogP contribution in [0.2, 0.25) is 17.6 Å². The molecule has 1 atom stereocenters. The molecule has 0 aromatic heterocycles. The maximum atomic E-state index is 12.6. The van der Waals surface area contributed by atoms with Crippen LogP contribution in [0.5, 0.6) is 5.75 Å². The molecule has 1 aromatic rings. The van der Waals surface area contributed by atoms with Crippen LogP contribution in [0.4, 0.5) is 0 Å². The third kappa shape index (κ3) is 6.42. The molecule has 0 aliphatic rings. The summed E-state index contributed by atoms with van der Waals surface area (Å²) in [6.45, 7) is 26.5. The lowest BCUT2D eigenvalue weighted by molar-refractivity contribution is -0.143. The van der Waals surface area contributed by atoms with Crippen LogP contribution < -0.4 is 4.74 Å². The van der Waals surface area contributed by atoms with E-state index in [9.17, 15) is 4.79 Å². The molecule has 0 bridgehead atoms. The van der Waals surface area contributed by atoms with Crippen molar-refractivity contribution in [3.8, 4) is 5.75 Å². The molecule has 0 aliphatic carbocycles. The van der Waals surface area contributed by atoms with Gasteiger partial charge in [0.2, 0.25) is 0 Å². The molecule has 29 heavy (non-hydrogen) atoms. The summed E-state index contributed by atoms with van der Waals surface area (Å²) in [5.74, 6) is 0.494. The molecule has 0 fully saturated rings. The van der Waals surface area contributed by atoms with E-state index in [4.69, 9.17) is 9.16 Å². The molecular weight excluding hydrogens is 376 g/mol. The fraction of sp³-hybridized carbons (Fsp3) is 0.720.